The fraction of sp³-hybridized carbons (Fsp3) is 0.615. The number of aliphatic hydroxyl groups is 1. The van der Waals surface area contributed by atoms with Crippen molar-refractivity contribution >= 4 is 5.82 Å². The second-order valence-electron chi connectivity index (χ2n) is 4.55. The van der Waals surface area contributed by atoms with Crippen molar-refractivity contribution in [1.82, 2.24) is 9.88 Å². The van der Waals surface area contributed by atoms with Gasteiger partial charge in [0.25, 0.3) is 0 Å². The van der Waals surface area contributed by atoms with E-state index in [1.807, 2.05) is 12.3 Å². The van der Waals surface area contributed by atoms with Crippen LogP contribution in [-0.2, 0) is 6.54 Å². The molecule has 0 unspecified atom stereocenters. The van der Waals surface area contributed by atoms with Gasteiger partial charge in [-0.2, -0.15) is 0 Å². The van der Waals surface area contributed by atoms with Crippen LogP contribution in [0.25, 0.3) is 0 Å². The van der Waals surface area contributed by atoms with E-state index in [0.29, 0.717) is 0 Å². The summed E-state index contributed by atoms with van der Waals surface area (Å²) in [5.41, 5.74) is 1.24. The molecule has 0 spiro atoms. The average Bonchev–Trinajstić information content (AvgIpc) is 2.35. The van der Waals surface area contributed by atoms with E-state index in [2.05, 4.69) is 28.2 Å². The minimum atomic E-state index is -0.103. The average molecular weight is 235 g/mol. The van der Waals surface area contributed by atoms with Crippen molar-refractivity contribution in [3.63, 3.8) is 0 Å². The molecule has 0 aromatic carbocycles. The van der Waals surface area contributed by atoms with Gasteiger partial charge in [0.2, 0.25) is 0 Å². The summed E-state index contributed by atoms with van der Waals surface area (Å²) in [4.78, 5) is 6.74. The molecule has 0 aliphatic carbocycles. The highest BCUT2D eigenvalue weighted by atomic mass is 16.3. The van der Waals surface area contributed by atoms with Crippen LogP contribution in [0.1, 0.15) is 25.3 Å². The maximum absolute atomic E-state index is 9.48. The molecule has 0 amide bonds. The molecule has 1 fully saturated rings. The van der Waals surface area contributed by atoms with Crippen LogP contribution in [0.15, 0.2) is 18.3 Å². The van der Waals surface area contributed by atoms with Crippen LogP contribution in [0.3, 0.4) is 0 Å². The van der Waals surface area contributed by atoms with Crippen molar-refractivity contribution in [2.75, 3.05) is 25.0 Å². The smallest absolute Gasteiger partial charge is 0.130 e. The molecule has 1 saturated heterocycles. The number of aliphatic hydroxyl groups excluding tert-OH is 1. The van der Waals surface area contributed by atoms with Crippen molar-refractivity contribution in [2.24, 2.45) is 0 Å². The van der Waals surface area contributed by atoms with Gasteiger partial charge in [0, 0.05) is 37.9 Å². The van der Waals surface area contributed by atoms with Crippen molar-refractivity contribution in [2.45, 2.75) is 32.4 Å². The zero-order valence-electron chi connectivity index (χ0n) is 10.4. The number of pyridine rings is 1. The molecule has 0 bridgehead atoms. The molecule has 4 nitrogen and oxygen atoms in total. The maximum Gasteiger partial charge on any atom is 0.130 e. The first-order valence-electron chi connectivity index (χ1n) is 6.37. The third kappa shape index (κ3) is 3.41. The van der Waals surface area contributed by atoms with Gasteiger partial charge in [0.15, 0.2) is 0 Å². The Bertz CT molecular complexity index is 348. The number of likely N-dealkylation sites (tertiary alicyclic amines) is 1. The number of piperidine rings is 1. The molecule has 17 heavy (non-hydrogen) atoms. The predicted octanol–water partition coefficient (Wildman–Crippen LogP) is 1.47. The molecule has 2 rings (SSSR count). The Kier molecular flexibility index (Phi) is 4.34. The first kappa shape index (κ1) is 12.3. The molecule has 94 valence electrons. The van der Waals surface area contributed by atoms with Crippen LogP contribution in [0.5, 0.6) is 0 Å². The summed E-state index contributed by atoms with van der Waals surface area (Å²) in [6.07, 6.45) is 3.49. The highest BCUT2D eigenvalue weighted by molar-refractivity contribution is 5.43. The summed E-state index contributed by atoms with van der Waals surface area (Å²) in [6, 6.07) is 4.10. The van der Waals surface area contributed by atoms with Crippen LogP contribution in [0, 0.1) is 0 Å². The first-order chi connectivity index (χ1) is 8.29. The van der Waals surface area contributed by atoms with Crippen LogP contribution in [0.2, 0.25) is 0 Å². The molecular formula is C13H21N3O. The summed E-state index contributed by atoms with van der Waals surface area (Å²) >= 11 is 0. The Balaban J connectivity index is 1.98. The summed E-state index contributed by atoms with van der Waals surface area (Å²) in [7, 11) is 0. The SMILES string of the molecule is CCNc1ncccc1CN1CCC(O)CC1. The third-order valence-corrected chi connectivity index (χ3v) is 3.19. The number of anilines is 1. The van der Waals surface area contributed by atoms with E-state index < -0.39 is 0 Å². The standard InChI is InChI=1S/C13H21N3O/c1-2-14-13-11(4-3-7-15-13)10-16-8-5-12(17)6-9-16/h3-4,7,12,17H,2,5-6,8-10H2,1H3,(H,14,15). The fourth-order valence-electron chi connectivity index (χ4n) is 2.21. The second kappa shape index (κ2) is 5.98. The van der Waals surface area contributed by atoms with Gasteiger partial charge < -0.3 is 10.4 Å². The Labute approximate surface area is 103 Å². The molecule has 2 heterocycles. The highest BCUT2D eigenvalue weighted by Gasteiger charge is 2.17. The topological polar surface area (TPSA) is 48.4 Å². The van der Waals surface area contributed by atoms with Gasteiger partial charge in [-0.3, -0.25) is 4.90 Å². The Hall–Kier alpha value is -1.13. The maximum atomic E-state index is 9.48. The number of nitrogens with one attached hydrogen (secondary N) is 1. The van der Waals surface area contributed by atoms with Gasteiger partial charge in [0.05, 0.1) is 6.10 Å². The van der Waals surface area contributed by atoms with Gasteiger partial charge in [-0.25, -0.2) is 4.98 Å². The molecule has 2 N–H and O–H groups in total. The van der Waals surface area contributed by atoms with Crippen LogP contribution >= 0.6 is 0 Å². The molecule has 0 radical (unpaired) electrons. The third-order valence-electron chi connectivity index (χ3n) is 3.19. The monoisotopic (exact) mass is 235 g/mol. The zero-order valence-corrected chi connectivity index (χ0v) is 10.4. The predicted molar refractivity (Wildman–Crippen MR) is 68.9 cm³/mol. The zero-order chi connectivity index (χ0) is 12.1. The molecule has 1 aliphatic rings. The molecule has 0 saturated carbocycles. The van der Waals surface area contributed by atoms with E-state index in [4.69, 9.17) is 0 Å². The summed E-state index contributed by atoms with van der Waals surface area (Å²) in [6.45, 7) is 5.84. The minimum absolute atomic E-state index is 0.103. The first-order valence-corrected chi connectivity index (χ1v) is 6.37. The normalized spacial score (nSPS) is 18.2. The van der Waals surface area contributed by atoms with Crippen LogP contribution in [-0.4, -0.2) is 40.7 Å². The second-order valence-corrected chi connectivity index (χ2v) is 4.55. The quantitative estimate of drug-likeness (QED) is 0.829. The Morgan fingerprint density at radius 3 is 2.94 bits per heavy atom. The van der Waals surface area contributed by atoms with E-state index in [0.717, 1.165) is 44.8 Å². The molecule has 0 atom stereocenters. The van der Waals surface area contributed by atoms with E-state index in [9.17, 15) is 5.11 Å². The molecule has 1 aromatic heterocycles. The minimum Gasteiger partial charge on any atom is -0.393 e. The number of hydrogen-bond donors (Lipinski definition) is 2. The lowest BCUT2D eigenvalue weighted by molar-refractivity contribution is 0.0793. The van der Waals surface area contributed by atoms with Gasteiger partial charge in [-0.05, 0) is 25.8 Å². The van der Waals surface area contributed by atoms with Gasteiger partial charge >= 0.3 is 0 Å². The highest BCUT2D eigenvalue weighted by Crippen LogP contribution is 2.17. The Morgan fingerprint density at radius 2 is 2.24 bits per heavy atom. The molecule has 1 aromatic rings. The van der Waals surface area contributed by atoms with Crippen molar-refractivity contribution in [3.8, 4) is 0 Å². The van der Waals surface area contributed by atoms with E-state index >= 15 is 0 Å². The van der Waals surface area contributed by atoms with Crippen molar-refractivity contribution in [3.05, 3.63) is 23.9 Å². The summed E-state index contributed by atoms with van der Waals surface area (Å²) < 4.78 is 0. The van der Waals surface area contributed by atoms with Crippen molar-refractivity contribution in [1.29, 1.82) is 0 Å². The van der Waals surface area contributed by atoms with Gasteiger partial charge in [-0.15, -0.1) is 0 Å². The number of nitrogens with zero attached hydrogens (tertiary/aromatic N) is 2. The summed E-state index contributed by atoms with van der Waals surface area (Å²) in [5.74, 6) is 0.987. The van der Waals surface area contributed by atoms with E-state index in [-0.39, 0.29) is 6.10 Å². The number of rotatable bonds is 4. The Morgan fingerprint density at radius 1 is 1.47 bits per heavy atom. The molecular weight excluding hydrogens is 214 g/mol. The lowest BCUT2D eigenvalue weighted by Crippen LogP contribution is -2.35. The number of hydrogen-bond acceptors (Lipinski definition) is 4. The van der Waals surface area contributed by atoms with E-state index in [1.54, 1.807) is 0 Å². The molecule has 4 heteroatoms. The molecule has 1 aliphatic heterocycles. The largest absolute Gasteiger partial charge is 0.393 e. The lowest BCUT2D eigenvalue weighted by Gasteiger charge is -2.29. The van der Waals surface area contributed by atoms with Crippen molar-refractivity contribution < 1.29 is 5.11 Å². The fourth-order valence-corrected chi connectivity index (χ4v) is 2.21. The van der Waals surface area contributed by atoms with Gasteiger partial charge in [0.1, 0.15) is 5.82 Å². The summed E-state index contributed by atoms with van der Waals surface area (Å²) in [5, 5.41) is 12.8. The van der Waals surface area contributed by atoms with Crippen LogP contribution in [0.4, 0.5) is 5.82 Å². The number of aromatic nitrogens is 1. The van der Waals surface area contributed by atoms with Gasteiger partial charge in [-0.1, -0.05) is 6.07 Å². The lowest BCUT2D eigenvalue weighted by atomic mass is 10.1. The van der Waals surface area contributed by atoms with E-state index in [1.165, 1.54) is 5.56 Å². The van der Waals surface area contributed by atoms with Crippen LogP contribution < -0.4 is 5.32 Å².